The quantitative estimate of drug-likeness (QED) is 0.806. The minimum Gasteiger partial charge on any atom is -0.483 e. The topological polar surface area (TPSA) is 42.2 Å². The molecule has 0 amide bonds. The van der Waals surface area contributed by atoms with Crippen LogP contribution in [0.2, 0.25) is 5.02 Å². The van der Waals surface area contributed by atoms with Crippen molar-refractivity contribution in [2.24, 2.45) is 0 Å². The molecule has 3 rings (SSSR count). The number of ether oxygens (including phenoxy) is 2. The maximum absolute atomic E-state index is 8.89. The highest BCUT2D eigenvalue weighted by Crippen LogP contribution is 2.43. The van der Waals surface area contributed by atoms with Crippen molar-refractivity contribution in [1.82, 2.24) is 0 Å². The minimum absolute atomic E-state index is 0.218. The molecule has 106 valence electrons. The molecular weight excluding hydrogens is 286 g/mol. The maximum Gasteiger partial charge on any atom is 0.169 e. The van der Waals surface area contributed by atoms with Gasteiger partial charge in [0.25, 0.3) is 0 Å². The number of halogens is 1. The molecule has 0 aromatic heterocycles. The van der Waals surface area contributed by atoms with Crippen molar-refractivity contribution in [3.63, 3.8) is 0 Å². The fraction of sp³-hybridized carbons (Fsp3) is 0.235. The first kappa shape index (κ1) is 13.8. The van der Waals surface area contributed by atoms with Gasteiger partial charge in [-0.1, -0.05) is 23.7 Å². The van der Waals surface area contributed by atoms with Crippen molar-refractivity contribution in [2.45, 2.75) is 25.9 Å². The normalized spacial score (nSPS) is 15.0. The van der Waals surface area contributed by atoms with E-state index in [9.17, 15) is 0 Å². The molecule has 0 saturated carbocycles. The van der Waals surface area contributed by atoms with Crippen LogP contribution >= 0.6 is 11.6 Å². The Labute approximate surface area is 128 Å². The van der Waals surface area contributed by atoms with Crippen LogP contribution in [0.3, 0.4) is 0 Å². The number of hydrogen-bond donors (Lipinski definition) is 0. The van der Waals surface area contributed by atoms with E-state index in [1.54, 1.807) is 18.2 Å². The predicted molar refractivity (Wildman–Crippen MR) is 81.1 cm³/mol. The average Bonchev–Trinajstić information content (AvgIpc) is 2.74. The van der Waals surface area contributed by atoms with E-state index >= 15 is 0 Å². The zero-order valence-electron chi connectivity index (χ0n) is 11.8. The number of fused-ring (bicyclic) bond motifs is 1. The standard InChI is InChI=1S/C17H14ClNO2/c1-17(2)9-11-4-3-5-15(16(11)21-17)20-13-7-6-12(10-19)14(18)8-13/h3-8H,9H2,1-2H3. The zero-order chi connectivity index (χ0) is 15.0. The first-order chi connectivity index (χ1) is 9.98. The highest BCUT2D eigenvalue weighted by molar-refractivity contribution is 6.31. The number of hydrogen-bond acceptors (Lipinski definition) is 3. The molecule has 0 radical (unpaired) electrons. The van der Waals surface area contributed by atoms with E-state index in [1.165, 1.54) is 0 Å². The lowest BCUT2D eigenvalue weighted by Crippen LogP contribution is -2.24. The van der Waals surface area contributed by atoms with Gasteiger partial charge in [-0.15, -0.1) is 0 Å². The average molecular weight is 300 g/mol. The molecule has 0 saturated heterocycles. The Morgan fingerprint density at radius 3 is 2.81 bits per heavy atom. The summed E-state index contributed by atoms with van der Waals surface area (Å²) in [6.45, 7) is 4.10. The number of para-hydroxylation sites is 1. The minimum atomic E-state index is -0.218. The Balaban J connectivity index is 1.93. The van der Waals surface area contributed by atoms with Crippen molar-refractivity contribution in [3.05, 3.63) is 52.5 Å². The van der Waals surface area contributed by atoms with E-state index in [4.69, 9.17) is 26.3 Å². The molecule has 0 fully saturated rings. The molecule has 2 aromatic rings. The van der Waals surface area contributed by atoms with Crippen LogP contribution in [0, 0.1) is 11.3 Å². The molecule has 3 nitrogen and oxygen atoms in total. The van der Waals surface area contributed by atoms with Crippen LogP contribution < -0.4 is 9.47 Å². The SMILES string of the molecule is CC1(C)Cc2cccc(Oc3ccc(C#N)c(Cl)c3)c2O1. The van der Waals surface area contributed by atoms with Crippen molar-refractivity contribution < 1.29 is 9.47 Å². The summed E-state index contributed by atoms with van der Waals surface area (Å²) in [5.74, 6) is 2.03. The van der Waals surface area contributed by atoms with Crippen LogP contribution in [0.4, 0.5) is 0 Å². The van der Waals surface area contributed by atoms with E-state index in [2.05, 4.69) is 13.8 Å². The molecule has 1 heterocycles. The second-order valence-corrected chi connectivity index (χ2v) is 6.05. The molecule has 0 N–H and O–H groups in total. The van der Waals surface area contributed by atoms with Gasteiger partial charge in [0.1, 0.15) is 17.4 Å². The van der Waals surface area contributed by atoms with Gasteiger partial charge in [0.05, 0.1) is 10.6 Å². The molecule has 21 heavy (non-hydrogen) atoms. The van der Waals surface area contributed by atoms with Gasteiger partial charge >= 0.3 is 0 Å². The van der Waals surface area contributed by atoms with Crippen molar-refractivity contribution in [2.75, 3.05) is 0 Å². The predicted octanol–water partition coefficient (Wildman–Crippen LogP) is 4.72. The third-order valence-electron chi connectivity index (χ3n) is 3.34. The monoisotopic (exact) mass is 299 g/mol. The summed E-state index contributed by atoms with van der Waals surface area (Å²) < 4.78 is 11.8. The zero-order valence-corrected chi connectivity index (χ0v) is 12.6. The Morgan fingerprint density at radius 2 is 2.10 bits per heavy atom. The highest BCUT2D eigenvalue weighted by Gasteiger charge is 2.32. The number of nitrogens with zero attached hydrogens (tertiary/aromatic N) is 1. The first-order valence-electron chi connectivity index (χ1n) is 6.67. The summed E-state index contributed by atoms with van der Waals surface area (Å²) in [6, 6.07) is 12.9. The molecule has 0 spiro atoms. The largest absolute Gasteiger partial charge is 0.483 e. The summed E-state index contributed by atoms with van der Waals surface area (Å²) in [6.07, 6.45) is 0.855. The van der Waals surface area contributed by atoms with Gasteiger partial charge in [0.2, 0.25) is 0 Å². The van der Waals surface area contributed by atoms with Gasteiger partial charge in [0.15, 0.2) is 11.5 Å². The molecule has 0 unspecified atom stereocenters. The summed E-state index contributed by atoms with van der Waals surface area (Å²) >= 11 is 6.02. The molecule has 1 aliphatic heterocycles. The van der Waals surface area contributed by atoms with Crippen LogP contribution in [0.5, 0.6) is 17.2 Å². The molecule has 1 aliphatic rings. The third kappa shape index (κ3) is 2.68. The molecule has 0 atom stereocenters. The summed E-state index contributed by atoms with van der Waals surface area (Å²) in [5, 5.41) is 9.27. The van der Waals surface area contributed by atoms with Gasteiger partial charge in [-0.05, 0) is 32.0 Å². The Kier molecular flexibility index (Phi) is 3.27. The van der Waals surface area contributed by atoms with Crippen LogP contribution in [0.1, 0.15) is 25.0 Å². The fourth-order valence-corrected chi connectivity index (χ4v) is 2.66. The van der Waals surface area contributed by atoms with E-state index in [1.807, 2.05) is 24.3 Å². The Morgan fingerprint density at radius 1 is 1.29 bits per heavy atom. The number of nitriles is 1. The van der Waals surface area contributed by atoms with E-state index in [-0.39, 0.29) is 5.60 Å². The number of benzene rings is 2. The van der Waals surface area contributed by atoms with E-state index in [0.717, 1.165) is 17.7 Å². The Bertz CT molecular complexity index is 747. The number of rotatable bonds is 2. The maximum atomic E-state index is 8.89. The van der Waals surface area contributed by atoms with Crippen LogP contribution in [-0.4, -0.2) is 5.60 Å². The summed E-state index contributed by atoms with van der Waals surface area (Å²) in [5.41, 5.74) is 1.35. The summed E-state index contributed by atoms with van der Waals surface area (Å²) in [7, 11) is 0. The smallest absolute Gasteiger partial charge is 0.169 e. The van der Waals surface area contributed by atoms with Crippen molar-refractivity contribution in [3.8, 4) is 23.3 Å². The van der Waals surface area contributed by atoms with Gasteiger partial charge < -0.3 is 9.47 Å². The van der Waals surface area contributed by atoms with Gasteiger partial charge in [-0.3, -0.25) is 0 Å². The molecule has 4 heteroatoms. The molecule has 2 aromatic carbocycles. The first-order valence-corrected chi connectivity index (χ1v) is 7.05. The molecular formula is C17H14ClNO2. The second kappa shape index (κ2) is 4.98. The lowest BCUT2D eigenvalue weighted by atomic mass is 10.0. The second-order valence-electron chi connectivity index (χ2n) is 5.64. The van der Waals surface area contributed by atoms with Gasteiger partial charge in [-0.25, -0.2) is 0 Å². The molecule has 0 aliphatic carbocycles. The van der Waals surface area contributed by atoms with Crippen LogP contribution in [-0.2, 0) is 6.42 Å². The van der Waals surface area contributed by atoms with Crippen LogP contribution in [0.25, 0.3) is 0 Å². The lowest BCUT2D eigenvalue weighted by Gasteiger charge is -2.18. The van der Waals surface area contributed by atoms with Crippen molar-refractivity contribution >= 4 is 11.6 Å². The lowest BCUT2D eigenvalue weighted by molar-refractivity contribution is 0.135. The Hall–Kier alpha value is -2.18. The highest BCUT2D eigenvalue weighted by atomic mass is 35.5. The third-order valence-corrected chi connectivity index (χ3v) is 3.66. The molecule has 0 bridgehead atoms. The fourth-order valence-electron chi connectivity index (χ4n) is 2.44. The van der Waals surface area contributed by atoms with Crippen LogP contribution in [0.15, 0.2) is 36.4 Å². The van der Waals surface area contributed by atoms with Crippen molar-refractivity contribution in [1.29, 1.82) is 5.26 Å². The summed E-state index contributed by atoms with van der Waals surface area (Å²) in [4.78, 5) is 0. The van der Waals surface area contributed by atoms with E-state index in [0.29, 0.717) is 22.1 Å². The van der Waals surface area contributed by atoms with Gasteiger partial charge in [0, 0.05) is 18.1 Å². The van der Waals surface area contributed by atoms with E-state index < -0.39 is 0 Å². The van der Waals surface area contributed by atoms with Gasteiger partial charge in [-0.2, -0.15) is 5.26 Å².